The number of hydrogen-bond donors (Lipinski definition) is 1. The van der Waals surface area contributed by atoms with Crippen LogP contribution in [0.5, 0.6) is 0 Å². The van der Waals surface area contributed by atoms with Crippen molar-refractivity contribution in [2.45, 2.75) is 12.5 Å². The fourth-order valence-electron chi connectivity index (χ4n) is 3.23. The highest BCUT2D eigenvalue weighted by atomic mass is 32.1. The van der Waals surface area contributed by atoms with Gasteiger partial charge < -0.3 is 10.1 Å². The van der Waals surface area contributed by atoms with Crippen molar-refractivity contribution < 1.29 is 9.53 Å². The van der Waals surface area contributed by atoms with Crippen LogP contribution < -0.4 is 5.32 Å². The Labute approximate surface area is 156 Å². The van der Waals surface area contributed by atoms with Gasteiger partial charge in [0.15, 0.2) is 4.96 Å². The number of amides is 1. The molecule has 0 saturated carbocycles. The third-order valence-electron chi connectivity index (χ3n) is 4.57. The third-order valence-corrected chi connectivity index (χ3v) is 5.34. The lowest BCUT2D eigenvalue weighted by Gasteiger charge is -2.31. The smallest absolute Gasteiger partial charge is 0.226 e. The molecule has 1 unspecified atom stereocenters. The summed E-state index contributed by atoms with van der Waals surface area (Å²) in [5.41, 5.74) is 1.92. The van der Waals surface area contributed by atoms with Gasteiger partial charge in [-0.3, -0.25) is 14.1 Å². The Morgan fingerprint density at radius 1 is 1.27 bits per heavy atom. The number of nitrogens with zero attached hydrogens (tertiary/aromatic N) is 3. The van der Waals surface area contributed by atoms with Crippen LogP contribution in [0.25, 0.3) is 4.96 Å². The van der Waals surface area contributed by atoms with Crippen molar-refractivity contribution in [2.75, 3.05) is 32.8 Å². The normalized spacial score (nSPS) is 16.6. The molecule has 0 radical (unpaired) electrons. The molecule has 6 nitrogen and oxygen atoms in total. The SMILES string of the molecule is O=C(Cc1cn2ccsc2n1)NC(CN1CCOCC1)c1ccccc1. The standard InChI is InChI=1S/C19H22N4O2S/c24-18(12-16-13-23-8-11-26-19(23)20-16)21-17(15-4-2-1-3-5-15)14-22-6-9-25-10-7-22/h1-5,8,11,13,17H,6-7,9-10,12,14H2,(H,21,24). The fraction of sp³-hybridized carbons (Fsp3) is 0.368. The van der Waals surface area contributed by atoms with Crippen molar-refractivity contribution in [1.82, 2.24) is 19.6 Å². The van der Waals surface area contributed by atoms with Gasteiger partial charge in [0, 0.05) is 37.4 Å². The van der Waals surface area contributed by atoms with E-state index in [4.69, 9.17) is 4.74 Å². The average Bonchev–Trinajstić information content (AvgIpc) is 3.24. The second-order valence-corrected chi connectivity index (χ2v) is 7.32. The van der Waals surface area contributed by atoms with E-state index in [9.17, 15) is 4.79 Å². The highest BCUT2D eigenvalue weighted by Crippen LogP contribution is 2.16. The number of benzene rings is 1. The van der Waals surface area contributed by atoms with E-state index < -0.39 is 0 Å². The van der Waals surface area contributed by atoms with Gasteiger partial charge in [-0.1, -0.05) is 30.3 Å². The molecular formula is C19H22N4O2S. The monoisotopic (exact) mass is 370 g/mol. The molecule has 7 heteroatoms. The summed E-state index contributed by atoms with van der Waals surface area (Å²) >= 11 is 1.57. The van der Waals surface area contributed by atoms with Crippen molar-refractivity contribution in [3.05, 3.63) is 59.4 Å². The average molecular weight is 370 g/mol. The molecule has 1 fully saturated rings. The van der Waals surface area contributed by atoms with E-state index in [1.807, 2.05) is 40.4 Å². The minimum atomic E-state index is -0.0365. The number of carbonyl (C=O) groups is 1. The van der Waals surface area contributed by atoms with Crippen LogP contribution in [-0.2, 0) is 16.0 Å². The summed E-state index contributed by atoms with van der Waals surface area (Å²) in [6, 6.07) is 10.1. The summed E-state index contributed by atoms with van der Waals surface area (Å²) in [5, 5.41) is 5.18. The molecule has 3 heterocycles. The second kappa shape index (κ2) is 7.99. The van der Waals surface area contributed by atoms with E-state index in [0.29, 0.717) is 6.42 Å². The maximum atomic E-state index is 12.6. The first-order valence-corrected chi connectivity index (χ1v) is 9.71. The number of thiazole rings is 1. The Balaban J connectivity index is 1.44. The Morgan fingerprint density at radius 2 is 2.08 bits per heavy atom. The predicted octanol–water partition coefficient (Wildman–Crippen LogP) is 2.13. The van der Waals surface area contributed by atoms with Crippen molar-refractivity contribution in [2.24, 2.45) is 0 Å². The molecule has 1 aromatic carbocycles. The largest absolute Gasteiger partial charge is 0.379 e. The zero-order valence-electron chi connectivity index (χ0n) is 14.5. The molecule has 1 atom stereocenters. The molecule has 1 aliphatic heterocycles. The van der Waals surface area contributed by atoms with Gasteiger partial charge in [0.1, 0.15) is 0 Å². The molecular weight excluding hydrogens is 348 g/mol. The van der Waals surface area contributed by atoms with Crippen molar-refractivity contribution >= 4 is 22.2 Å². The van der Waals surface area contributed by atoms with Gasteiger partial charge in [0.25, 0.3) is 0 Å². The Hall–Kier alpha value is -2.22. The molecule has 4 rings (SSSR count). The van der Waals surface area contributed by atoms with Crippen LogP contribution in [0.4, 0.5) is 0 Å². The number of rotatable bonds is 6. The molecule has 3 aromatic rings. The second-order valence-electron chi connectivity index (χ2n) is 6.45. The zero-order chi connectivity index (χ0) is 17.8. The molecule has 26 heavy (non-hydrogen) atoms. The quantitative estimate of drug-likeness (QED) is 0.722. The highest BCUT2D eigenvalue weighted by molar-refractivity contribution is 7.15. The lowest BCUT2D eigenvalue weighted by atomic mass is 10.1. The molecule has 0 aliphatic carbocycles. The van der Waals surface area contributed by atoms with E-state index in [0.717, 1.165) is 49.1 Å². The van der Waals surface area contributed by atoms with Gasteiger partial charge in [-0.2, -0.15) is 0 Å². The summed E-state index contributed by atoms with van der Waals surface area (Å²) in [5.74, 6) is -0.00198. The van der Waals surface area contributed by atoms with Crippen LogP contribution in [0.2, 0.25) is 0 Å². The summed E-state index contributed by atoms with van der Waals surface area (Å²) in [6.45, 7) is 4.09. The third kappa shape index (κ3) is 4.12. The van der Waals surface area contributed by atoms with Gasteiger partial charge in [0.2, 0.25) is 5.91 Å². The topological polar surface area (TPSA) is 58.9 Å². The molecule has 0 spiro atoms. The lowest BCUT2D eigenvalue weighted by Crippen LogP contribution is -2.43. The van der Waals surface area contributed by atoms with Crippen LogP contribution in [-0.4, -0.2) is 53.0 Å². The number of morpholine rings is 1. The number of fused-ring (bicyclic) bond motifs is 1. The Bertz CT molecular complexity index is 826. The molecule has 136 valence electrons. The minimum Gasteiger partial charge on any atom is -0.379 e. The number of aromatic nitrogens is 2. The van der Waals surface area contributed by atoms with Crippen LogP contribution in [0, 0.1) is 0 Å². The van der Waals surface area contributed by atoms with Crippen LogP contribution in [0.3, 0.4) is 0 Å². The van der Waals surface area contributed by atoms with Crippen LogP contribution >= 0.6 is 11.3 Å². The van der Waals surface area contributed by atoms with Gasteiger partial charge in [-0.05, 0) is 5.56 Å². The lowest BCUT2D eigenvalue weighted by molar-refractivity contribution is -0.121. The van der Waals surface area contributed by atoms with E-state index in [2.05, 4.69) is 27.3 Å². The van der Waals surface area contributed by atoms with E-state index in [1.54, 1.807) is 11.3 Å². The summed E-state index contributed by atoms with van der Waals surface area (Å²) in [7, 11) is 0. The first-order valence-electron chi connectivity index (χ1n) is 8.83. The number of ether oxygens (including phenoxy) is 1. The van der Waals surface area contributed by atoms with E-state index >= 15 is 0 Å². The molecule has 0 bridgehead atoms. The Kier molecular flexibility index (Phi) is 5.29. The Morgan fingerprint density at radius 3 is 2.85 bits per heavy atom. The summed E-state index contributed by atoms with van der Waals surface area (Å²) in [4.78, 5) is 20.4. The highest BCUT2D eigenvalue weighted by Gasteiger charge is 2.20. The summed E-state index contributed by atoms with van der Waals surface area (Å²) < 4.78 is 7.38. The van der Waals surface area contributed by atoms with Gasteiger partial charge >= 0.3 is 0 Å². The maximum Gasteiger partial charge on any atom is 0.226 e. The van der Waals surface area contributed by atoms with Gasteiger partial charge in [-0.15, -0.1) is 11.3 Å². The number of carbonyl (C=O) groups excluding carboxylic acids is 1. The van der Waals surface area contributed by atoms with Crippen molar-refractivity contribution in [1.29, 1.82) is 0 Å². The van der Waals surface area contributed by atoms with Gasteiger partial charge in [0.05, 0.1) is 31.4 Å². The zero-order valence-corrected chi connectivity index (χ0v) is 15.3. The molecule has 1 aliphatic rings. The fourth-order valence-corrected chi connectivity index (χ4v) is 3.95. The molecule has 1 saturated heterocycles. The van der Waals surface area contributed by atoms with Crippen molar-refractivity contribution in [3.8, 4) is 0 Å². The molecule has 2 aromatic heterocycles. The first-order chi connectivity index (χ1) is 12.8. The van der Waals surface area contributed by atoms with Gasteiger partial charge in [-0.25, -0.2) is 4.98 Å². The van der Waals surface area contributed by atoms with Crippen LogP contribution in [0.1, 0.15) is 17.3 Å². The van der Waals surface area contributed by atoms with Crippen LogP contribution in [0.15, 0.2) is 48.1 Å². The van der Waals surface area contributed by atoms with E-state index in [1.165, 1.54) is 0 Å². The van der Waals surface area contributed by atoms with E-state index in [-0.39, 0.29) is 11.9 Å². The number of nitrogens with one attached hydrogen (secondary N) is 1. The number of imidazole rings is 1. The first kappa shape index (κ1) is 17.2. The molecule has 1 amide bonds. The van der Waals surface area contributed by atoms with Crippen molar-refractivity contribution in [3.63, 3.8) is 0 Å². The predicted molar refractivity (Wildman–Crippen MR) is 101 cm³/mol. The maximum absolute atomic E-state index is 12.6. The number of hydrogen-bond acceptors (Lipinski definition) is 5. The minimum absolute atomic E-state index is 0.00198. The summed E-state index contributed by atoms with van der Waals surface area (Å²) in [6.07, 6.45) is 4.17. The molecule has 1 N–H and O–H groups in total.